The van der Waals surface area contributed by atoms with Gasteiger partial charge in [-0.1, -0.05) is 60.7 Å². The number of benzene rings is 2. The van der Waals surface area contributed by atoms with E-state index in [1.165, 1.54) is 5.56 Å². The lowest BCUT2D eigenvalue weighted by atomic mass is 10.1. The first kappa shape index (κ1) is 16.3. The fourth-order valence-corrected chi connectivity index (χ4v) is 2.70. The molecule has 22 heavy (non-hydrogen) atoms. The highest BCUT2D eigenvalue weighted by Gasteiger charge is 2.02. The molecule has 0 radical (unpaired) electrons. The van der Waals surface area contributed by atoms with Gasteiger partial charge in [-0.3, -0.25) is 4.79 Å². The summed E-state index contributed by atoms with van der Waals surface area (Å²) in [6, 6.07) is 20.1. The van der Waals surface area contributed by atoms with Gasteiger partial charge in [0.1, 0.15) is 0 Å². The van der Waals surface area contributed by atoms with Crippen molar-refractivity contribution in [2.24, 2.45) is 5.10 Å². The highest BCUT2D eigenvalue weighted by Crippen LogP contribution is 2.06. The molecule has 0 atom stereocenters. The highest BCUT2D eigenvalue weighted by molar-refractivity contribution is 7.99. The standard InChI is InChI=1S/C18H20N2OS/c1-15(17-10-6-3-7-11-17)19-20-18(21)14-22-13-12-16-8-4-2-5-9-16/h2-11H,12-14H2,1H3,(H,20,21)/b19-15-. The van der Waals surface area contributed by atoms with Gasteiger partial charge in [-0.25, -0.2) is 5.43 Å². The molecule has 3 nitrogen and oxygen atoms in total. The van der Waals surface area contributed by atoms with Crippen molar-refractivity contribution in [1.29, 1.82) is 0 Å². The van der Waals surface area contributed by atoms with Gasteiger partial charge in [-0.05, 0) is 30.2 Å². The van der Waals surface area contributed by atoms with E-state index >= 15 is 0 Å². The van der Waals surface area contributed by atoms with Crippen LogP contribution in [0, 0.1) is 0 Å². The third kappa shape index (κ3) is 5.74. The van der Waals surface area contributed by atoms with E-state index in [0.29, 0.717) is 5.75 Å². The molecule has 0 aliphatic heterocycles. The van der Waals surface area contributed by atoms with Crippen LogP contribution in [0.15, 0.2) is 65.8 Å². The van der Waals surface area contributed by atoms with Gasteiger partial charge in [-0.15, -0.1) is 0 Å². The van der Waals surface area contributed by atoms with E-state index in [9.17, 15) is 4.79 Å². The Balaban J connectivity index is 1.68. The molecule has 1 N–H and O–H groups in total. The fourth-order valence-electron chi connectivity index (χ4n) is 1.92. The first-order valence-corrected chi connectivity index (χ1v) is 8.41. The molecule has 0 heterocycles. The largest absolute Gasteiger partial charge is 0.272 e. The van der Waals surface area contributed by atoms with E-state index in [1.54, 1.807) is 11.8 Å². The molecule has 0 fully saturated rings. The second-order valence-electron chi connectivity index (χ2n) is 4.89. The van der Waals surface area contributed by atoms with Gasteiger partial charge in [0, 0.05) is 0 Å². The first-order chi connectivity index (χ1) is 10.8. The van der Waals surface area contributed by atoms with Crippen LogP contribution in [-0.4, -0.2) is 23.1 Å². The molecular weight excluding hydrogens is 292 g/mol. The second kappa shape index (κ2) is 9.05. The summed E-state index contributed by atoms with van der Waals surface area (Å²) < 4.78 is 0. The van der Waals surface area contributed by atoms with Crippen LogP contribution in [0.2, 0.25) is 0 Å². The molecule has 0 aliphatic carbocycles. The van der Waals surface area contributed by atoms with Crippen LogP contribution in [0.3, 0.4) is 0 Å². The Morgan fingerprint density at radius 1 is 1.05 bits per heavy atom. The van der Waals surface area contributed by atoms with Crippen LogP contribution in [0.4, 0.5) is 0 Å². The third-order valence-electron chi connectivity index (χ3n) is 3.15. The molecular formula is C18H20N2OS. The highest BCUT2D eigenvalue weighted by atomic mass is 32.2. The van der Waals surface area contributed by atoms with Crippen molar-refractivity contribution in [3.63, 3.8) is 0 Å². The van der Waals surface area contributed by atoms with Crippen molar-refractivity contribution in [3.8, 4) is 0 Å². The van der Waals surface area contributed by atoms with E-state index in [1.807, 2.05) is 55.5 Å². The Morgan fingerprint density at radius 2 is 1.68 bits per heavy atom. The minimum absolute atomic E-state index is 0.0617. The maximum atomic E-state index is 11.8. The molecule has 0 unspecified atom stereocenters. The summed E-state index contributed by atoms with van der Waals surface area (Å²) in [4.78, 5) is 11.8. The summed E-state index contributed by atoms with van der Waals surface area (Å²) in [6.45, 7) is 1.89. The molecule has 1 amide bonds. The number of aryl methyl sites for hydroxylation is 1. The maximum Gasteiger partial charge on any atom is 0.250 e. The number of hydrogen-bond donors (Lipinski definition) is 1. The van der Waals surface area contributed by atoms with E-state index in [-0.39, 0.29) is 5.91 Å². The molecule has 0 aliphatic rings. The number of hydrogen-bond acceptors (Lipinski definition) is 3. The second-order valence-corrected chi connectivity index (χ2v) is 5.99. The third-order valence-corrected chi connectivity index (χ3v) is 4.11. The molecule has 0 saturated heterocycles. The zero-order valence-electron chi connectivity index (χ0n) is 12.7. The number of amides is 1. The van der Waals surface area contributed by atoms with Crippen molar-refractivity contribution in [2.45, 2.75) is 13.3 Å². The predicted molar refractivity (Wildman–Crippen MR) is 94.3 cm³/mol. The Morgan fingerprint density at radius 3 is 2.36 bits per heavy atom. The van der Waals surface area contributed by atoms with Crippen LogP contribution < -0.4 is 5.43 Å². The van der Waals surface area contributed by atoms with Gasteiger partial charge >= 0.3 is 0 Å². The Bertz CT molecular complexity index is 611. The Hall–Kier alpha value is -2.07. The van der Waals surface area contributed by atoms with Crippen LogP contribution in [0.5, 0.6) is 0 Å². The Kier molecular flexibility index (Phi) is 6.71. The van der Waals surface area contributed by atoms with Crippen molar-refractivity contribution < 1.29 is 4.79 Å². The average molecular weight is 312 g/mol. The minimum Gasteiger partial charge on any atom is -0.272 e. The van der Waals surface area contributed by atoms with Gasteiger partial charge in [0.05, 0.1) is 11.5 Å². The van der Waals surface area contributed by atoms with E-state index < -0.39 is 0 Å². The lowest BCUT2D eigenvalue weighted by Crippen LogP contribution is -2.21. The van der Waals surface area contributed by atoms with Crippen molar-refractivity contribution in [2.75, 3.05) is 11.5 Å². The summed E-state index contributed by atoms with van der Waals surface area (Å²) in [6.07, 6.45) is 0.977. The molecule has 4 heteroatoms. The number of thioether (sulfide) groups is 1. The summed E-state index contributed by atoms with van der Waals surface area (Å²) in [5.41, 5.74) is 5.73. The van der Waals surface area contributed by atoms with Gasteiger partial charge < -0.3 is 0 Å². The smallest absolute Gasteiger partial charge is 0.250 e. The van der Waals surface area contributed by atoms with Crippen molar-refractivity contribution in [1.82, 2.24) is 5.43 Å². The fraction of sp³-hybridized carbons (Fsp3) is 0.222. The van der Waals surface area contributed by atoms with Gasteiger partial charge in [-0.2, -0.15) is 16.9 Å². The predicted octanol–water partition coefficient (Wildman–Crippen LogP) is 3.50. The van der Waals surface area contributed by atoms with Gasteiger partial charge in [0.2, 0.25) is 5.91 Å². The van der Waals surface area contributed by atoms with Crippen LogP contribution in [0.1, 0.15) is 18.1 Å². The monoisotopic (exact) mass is 312 g/mol. The van der Waals surface area contributed by atoms with Crippen LogP contribution >= 0.6 is 11.8 Å². The molecule has 2 rings (SSSR count). The van der Waals surface area contributed by atoms with E-state index in [0.717, 1.165) is 23.4 Å². The zero-order valence-corrected chi connectivity index (χ0v) is 13.5. The topological polar surface area (TPSA) is 41.5 Å². The Labute approximate surface area is 135 Å². The van der Waals surface area contributed by atoms with Crippen molar-refractivity contribution >= 4 is 23.4 Å². The molecule has 2 aromatic rings. The average Bonchev–Trinajstić information content (AvgIpc) is 2.58. The van der Waals surface area contributed by atoms with Gasteiger partial charge in [0.25, 0.3) is 0 Å². The molecule has 0 saturated carbocycles. The number of carbonyl (C=O) groups excluding carboxylic acids is 1. The molecule has 0 bridgehead atoms. The summed E-state index contributed by atoms with van der Waals surface area (Å²) >= 11 is 1.62. The maximum absolute atomic E-state index is 11.8. The molecule has 2 aromatic carbocycles. The van der Waals surface area contributed by atoms with Gasteiger partial charge in [0.15, 0.2) is 0 Å². The van der Waals surface area contributed by atoms with Crippen LogP contribution in [-0.2, 0) is 11.2 Å². The number of nitrogens with one attached hydrogen (secondary N) is 1. The van der Waals surface area contributed by atoms with E-state index in [4.69, 9.17) is 0 Å². The number of rotatable bonds is 7. The lowest BCUT2D eigenvalue weighted by Gasteiger charge is -2.03. The summed E-state index contributed by atoms with van der Waals surface area (Å²) in [5.74, 6) is 1.30. The summed E-state index contributed by atoms with van der Waals surface area (Å²) in [7, 11) is 0. The molecule has 0 spiro atoms. The number of nitrogens with zero attached hydrogens (tertiary/aromatic N) is 1. The quantitative estimate of drug-likeness (QED) is 0.483. The number of carbonyl (C=O) groups is 1. The SMILES string of the molecule is C/C(=N/NC(=O)CSCCc1ccccc1)c1ccccc1. The minimum atomic E-state index is -0.0617. The molecule has 0 aromatic heterocycles. The van der Waals surface area contributed by atoms with E-state index in [2.05, 4.69) is 22.7 Å². The number of hydrazone groups is 1. The first-order valence-electron chi connectivity index (χ1n) is 7.26. The molecule has 114 valence electrons. The van der Waals surface area contributed by atoms with Crippen LogP contribution in [0.25, 0.3) is 0 Å². The summed E-state index contributed by atoms with van der Waals surface area (Å²) in [5, 5.41) is 4.14. The zero-order chi connectivity index (χ0) is 15.6. The normalized spacial score (nSPS) is 11.2. The van der Waals surface area contributed by atoms with Crippen molar-refractivity contribution in [3.05, 3.63) is 71.8 Å². The lowest BCUT2D eigenvalue weighted by molar-refractivity contribution is -0.118.